The predicted molar refractivity (Wildman–Crippen MR) is 89.1 cm³/mol. The summed E-state index contributed by atoms with van der Waals surface area (Å²) in [7, 11) is 0. The fourth-order valence-corrected chi connectivity index (χ4v) is 3.38. The first-order valence-corrected chi connectivity index (χ1v) is 8.50. The number of hydrogen-bond donors (Lipinski definition) is 3. The number of rotatable bonds is 4. The van der Waals surface area contributed by atoms with Crippen molar-refractivity contribution >= 4 is 17.7 Å². The largest absolute Gasteiger partial charge is 0.349 e. The molecule has 1 atom stereocenters. The minimum Gasteiger partial charge on any atom is -0.349 e. The van der Waals surface area contributed by atoms with Crippen LogP contribution in [0, 0.1) is 5.92 Å². The number of carbonyl (C=O) groups is 3. The Balaban J connectivity index is 1.55. The van der Waals surface area contributed by atoms with Gasteiger partial charge in [0.25, 0.3) is 5.91 Å². The predicted octanol–water partition coefficient (Wildman–Crippen LogP) is 0.891. The first kappa shape index (κ1) is 16.6. The van der Waals surface area contributed by atoms with Crippen LogP contribution in [0.15, 0.2) is 24.3 Å². The van der Waals surface area contributed by atoms with E-state index in [9.17, 15) is 14.4 Å². The third-order valence-electron chi connectivity index (χ3n) is 4.87. The second kappa shape index (κ2) is 7.13. The molecule has 1 aliphatic carbocycles. The number of amides is 3. The molecule has 1 saturated carbocycles. The van der Waals surface area contributed by atoms with E-state index in [1.807, 2.05) is 12.1 Å². The van der Waals surface area contributed by atoms with Crippen LogP contribution >= 0.6 is 0 Å². The van der Waals surface area contributed by atoms with Gasteiger partial charge in [-0.1, -0.05) is 12.1 Å². The van der Waals surface area contributed by atoms with Gasteiger partial charge in [0, 0.05) is 24.1 Å². The van der Waals surface area contributed by atoms with Crippen LogP contribution in [0.25, 0.3) is 0 Å². The zero-order chi connectivity index (χ0) is 17.1. The summed E-state index contributed by atoms with van der Waals surface area (Å²) < 4.78 is 0. The molecule has 3 amide bonds. The highest BCUT2D eigenvalue weighted by Crippen LogP contribution is 2.19. The van der Waals surface area contributed by atoms with Gasteiger partial charge >= 0.3 is 0 Å². The molecular formula is C18H23N3O3. The quantitative estimate of drug-likeness (QED) is 0.714. The van der Waals surface area contributed by atoms with Crippen molar-refractivity contribution in [3.8, 4) is 0 Å². The van der Waals surface area contributed by atoms with E-state index in [4.69, 9.17) is 5.73 Å². The molecule has 1 aliphatic heterocycles. The van der Waals surface area contributed by atoms with Crippen LogP contribution in [0.1, 0.15) is 48.0 Å². The van der Waals surface area contributed by atoms with Crippen LogP contribution in [-0.4, -0.2) is 29.8 Å². The molecule has 1 saturated heterocycles. The van der Waals surface area contributed by atoms with Crippen molar-refractivity contribution in [3.63, 3.8) is 0 Å². The number of hydrogen-bond acceptors (Lipinski definition) is 4. The molecular weight excluding hydrogens is 306 g/mol. The van der Waals surface area contributed by atoms with Crippen LogP contribution in [-0.2, 0) is 16.0 Å². The van der Waals surface area contributed by atoms with Crippen molar-refractivity contribution in [3.05, 3.63) is 35.4 Å². The van der Waals surface area contributed by atoms with Crippen LogP contribution in [0.5, 0.6) is 0 Å². The minimum absolute atomic E-state index is 0.0733. The second-order valence-electron chi connectivity index (χ2n) is 6.80. The molecule has 1 aromatic rings. The van der Waals surface area contributed by atoms with E-state index in [1.165, 1.54) is 0 Å². The van der Waals surface area contributed by atoms with Crippen molar-refractivity contribution in [2.45, 2.75) is 50.6 Å². The summed E-state index contributed by atoms with van der Waals surface area (Å²) >= 11 is 0. The highest BCUT2D eigenvalue weighted by molar-refractivity contribution is 6.03. The standard InChI is InChI=1S/C18H23N3O3/c19-14-5-7-15(8-6-14)20-17(23)12-3-1-11(2-4-12)9-13-10-16(22)21-18(13)24/h1-4,13-15H,5-10,19H2,(H,20,23)(H,21,22,24). The van der Waals surface area contributed by atoms with E-state index in [0.717, 1.165) is 31.2 Å². The Morgan fingerprint density at radius 2 is 1.79 bits per heavy atom. The maximum Gasteiger partial charge on any atom is 0.251 e. The lowest BCUT2D eigenvalue weighted by Gasteiger charge is -2.26. The Hall–Kier alpha value is -2.21. The van der Waals surface area contributed by atoms with Crippen molar-refractivity contribution in [2.75, 3.05) is 0 Å². The highest BCUT2D eigenvalue weighted by Gasteiger charge is 2.30. The molecule has 4 N–H and O–H groups in total. The van der Waals surface area contributed by atoms with Gasteiger partial charge in [-0.3, -0.25) is 19.7 Å². The van der Waals surface area contributed by atoms with Gasteiger partial charge in [0.2, 0.25) is 11.8 Å². The summed E-state index contributed by atoms with van der Waals surface area (Å²) in [6, 6.07) is 7.70. The zero-order valence-electron chi connectivity index (χ0n) is 13.6. The molecule has 0 radical (unpaired) electrons. The van der Waals surface area contributed by atoms with E-state index in [1.54, 1.807) is 12.1 Å². The van der Waals surface area contributed by atoms with Crippen LogP contribution in [0.4, 0.5) is 0 Å². The van der Waals surface area contributed by atoms with Gasteiger partial charge in [-0.05, 0) is 49.8 Å². The van der Waals surface area contributed by atoms with E-state index in [0.29, 0.717) is 12.0 Å². The molecule has 1 heterocycles. The first-order valence-electron chi connectivity index (χ1n) is 8.50. The third-order valence-corrected chi connectivity index (χ3v) is 4.87. The van der Waals surface area contributed by atoms with Gasteiger partial charge in [-0.25, -0.2) is 0 Å². The Morgan fingerprint density at radius 1 is 1.12 bits per heavy atom. The van der Waals surface area contributed by atoms with E-state index >= 15 is 0 Å². The van der Waals surface area contributed by atoms with Gasteiger partial charge in [0.15, 0.2) is 0 Å². The smallest absolute Gasteiger partial charge is 0.251 e. The van der Waals surface area contributed by atoms with E-state index in [2.05, 4.69) is 10.6 Å². The number of carbonyl (C=O) groups excluding carboxylic acids is 3. The summed E-state index contributed by atoms with van der Waals surface area (Å²) in [5, 5.41) is 5.37. The Morgan fingerprint density at radius 3 is 2.38 bits per heavy atom. The maximum atomic E-state index is 12.3. The van der Waals surface area contributed by atoms with Gasteiger partial charge in [0.1, 0.15) is 0 Å². The van der Waals surface area contributed by atoms with Gasteiger partial charge in [-0.2, -0.15) is 0 Å². The molecule has 24 heavy (non-hydrogen) atoms. The zero-order valence-corrected chi connectivity index (χ0v) is 13.6. The molecule has 6 heteroatoms. The topological polar surface area (TPSA) is 101 Å². The molecule has 0 bridgehead atoms. The molecule has 3 rings (SSSR count). The molecule has 2 fully saturated rings. The molecule has 1 aromatic carbocycles. The van der Waals surface area contributed by atoms with Crippen molar-refractivity contribution in [2.24, 2.45) is 11.7 Å². The molecule has 128 valence electrons. The van der Waals surface area contributed by atoms with Crippen LogP contribution < -0.4 is 16.4 Å². The average molecular weight is 329 g/mol. The molecule has 0 aromatic heterocycles. The summed E-state index contributed by atoms with van der Waals surface area (Å²) in [4.78, 5) is 35.1. The van der Waals surface area contributed by atoms with Gasteiger partial charge in [-0.15, -0.1) is 0 Å². The van der Waals surface area contributed by atoms with Crippen molar-refractivity contribution < 1.29 is 14.4 Å². The molecule has 1 unspecified atom stereocenters. The van der Waals surface area contributed by atoms with Crippen LogP contribution in [0.2, 0.25) is 0 Å². The monoisotopic (exact) mass is 329 g/mol. The summed E-state index contributed by atoms with van der Waals surface area (Å²) in [5.74, 6) is -0.801. The summed E-state index contributed by atoms with van der Waals surface area (Å²) in [6.45, 7) is 0. The van der Waals surface area contributed by atoms with E-state index in [-0.39, 0.29) is 42.1 Å². The summed E-state index contributed by atoms with van der Waals surface area (Å²) in [6.07, 6.45) is 4.51. The Kier molecular flexibility index (Phi) is 4.94. The molecule has 0 spiro atoms. The fraction of sp³-hybridized carbons (Fsp3) is 0.500. The lowest BCUT2D eigenvalue weighted by atomic mass is 9.91. The van der Waals surface area contributed by atoms with E-state index < -0.39 is 0 Å². The average Bonchev–Trinajstić information content (AvgIpc) is 2.88. The number of imide groups is 1. The maximum absolute atomic E-state index is 12.3. The van der Waals surface area contributed by atoms with Gasteiger partial charge < -0.3 is 11.1 Å². The number of nitrogens with two attached hydrogens (primary N) is 1. The number of benzene rings is 1. The minimum atomic E-state index is -0.302. The van der Waals surface area contributed by atoms with Crippen molar-refractivity contribution in [1.82, 2.24) is 10.6 Å². The highest BCUT2D eigenvalue weighted by atomic mass is 16.2. The first-order chi connectivity index (χ1) is 11.5. The van der Waals surface area contributed by atoms with Gasteiger partial charge in [0.05, 0.1) is 5.92 Å². The normalized spacial score (nSPS) is 27.0. The lowest BCUT2D eigenvalue weighted by molar-refractivity contribution is -0.125. The van der Waals surface area contributed by atoms with Crippen molar-refractivity contribution in [1.29, 1.82) is 0 Å². The SMILES string of the molecule is NC1CCC(NC(=O)c2ccc(CC3CC(=O)NC3=O)cc2)CC1. The Bertz CT molecular complexity index is 633. The molecule has 2 aliphatic rings. The second-order valence-corrected chi connectivity index (χ2v) is 6.80. The Labute approximate surface area is 141 Å². The van der Waals surface area contributed by atoms with Crippen LogP contribution in [0.3, 0.4) is 0 Å². The lowest BCUT2D eigenvalue weighted by Crippen LogP contribution is -2.40. The molecule has 6 nitrogen and oxygen atoms in total. The third kappa shape index (κ3) is 4.00. The summed E-state index contributed by atoms with van der Waals surface area (Å²) in [5.41, 5.74) is 7.44. The fourth-order valence-electron chi connectivity index (χ4n) is 3.38. The number of nitrogens with one attached hydrogen (secondary N) is 2.